The predicted molar refractivity (Wildman–Crippen MR) is 163 cm³/mol. The quantitative estimate of drug-likeness (QED) is 0.388. The van der Waals surface area contributed by atoms with Gasteiger partial charge in [-0.3, -0.25) is 4.79 Å². The Morgan fingerprint density at radius 2 is 1.98 bits per heavy atom. The van der Waals surface area contributed by atoms with Gasteiger partial charge in [-0.1, -0.05) is 43.7 Å². The first-order valence-corrected chi connectivity index (χ1v) is 16.7. The molecular weight excluding hydrogens is 560 g/mol. The van der Waals surface area contributed by atoms with Gasteiger partial charge in [-0.25, -0.2) is 13.1 Å². The van der Waals surface area contributed by atoms with Crippen LogP contribution < -0.4 is 14.4 Å². The number of aliphatic hydroxyl groups excluding tert-OH is 1. The zero-order chi connectivity index (χ0) is 29.2. The number of hydrogen-bond acceptors (Lipinski definition) is 6. The summed E-state index contributed by atoms with van der Waals surface area (Å²) in [6.45, 7) is 5.76. The molecule has 2 heterocycles. The number of aliphatic hydroxyl groups is 1. The van der Waals surface area contributed by atoms with Crippen molar-refractivity contribution in [2.24, 2.45) is 11.3 Å². The van der Waals surface area contributed by atoms with E-state index in [1.165, 1.54) is 5.56 Å². The number of halogens is 1. The fourth-order valence-corrected chi connectivity index (χ4v) is 8.04. The van der Waals surface area contributed by atoms with Gasteiger partial charge in [0.25, 0.3) is 5.91 Å². The molecule has 1 amide bonds. The van der Waals surface area contributed by atoms with Crippen molar-refractivity contribution in [3.8, 4) is 5.75 Å². The molecule has 0 radical (unpaired) electrons. The second-order valence-corrected chi connectivity index (χ2v) is 14.4. The van der Waals surface area contributed by atoms with Gasteiger partial charge < -0.3 is 14.7 Å². The highest BCUT2D eigenvalue weighted by atomic mass is 35.5. The van der Waals surface area contributed by atoms with Crippen LogP contribution in [0.1, 0.15) is 80.3 Å². The van der Waals surface area contributed by atoms with Gasteiger partial charge in [0.05, 0.1) is 17.0 Å². The number of sulfonamides is 1. The number of ether oxygens (including phenoxy) is 1. The Balaban J connectivity index is 1.56. The minimum Gasteiger partial charge on any atom is -0.487 e. The number of carbonyl (C=O) groups is 1. The summed E-state index contributed by atoms with van der Waals surface area (Å²) in [5, 5.41) is 11.2. The van der Waals surface area contributed by atoms with Crippen LogP contribution >= 0.6 is 11.6 Å². The summed E-state index contributed by atoms with van der Waals surface area (Å²) in [6.07, 6.45) is 9.08. The Hall–Kier alpha value is -2.55. The highest BCUT2D eigenvalue weighted by molar-refractivity contribution is 7.90. The number of anilines is 1. The summed E-state index contributed by atoms with van der Waals surface area (Å²) in [5.74, 6) is 0.263. The van der Waals surface area contributed by atoms with E-state index in [0.717, 1.165) is 49.9 Å². The number of hydrogen-bond donors (Lipinski definition) is 2. The zero-order valence-corrected chi connectivity index (χ0v) is 25.5. The maximum absolute atomic E-state index is 13.3. The molecule has 0 aromatic heterocycles. The van der Waals surface area contributed by atoms with Crippen molar-refractivity contribution in [3.63, 3.8) is 0 Å². The average Bonchev–Trinajstić information content (AvgIpc) is 2.97. The Labute approximate surface area is 249 Å². The van der Waals surface area contributed by atoms with Gasteiger partial charge in [0.15, 0.2) is 0 Å². The molecule has 7 nitrogen and oxygen atoms in total. The molecule has 2 N–H and O–H groups in total. The number of amides is 1. The van der Waals surface area contributed by atoms with Crippen molar-refractivity contribution in [2.45, 2.75) is 83.2 Å². The predicted octanol–water partition coefficient (Wildman–Crippen LogP) is 6.03. The van der Waals surface area contributed by atoms with Crippen molar-refractivity contribution in [3.05, 3.63) is 70.3 Å². The Morgan fingerprint density at radius 3 is 2.73 bits per heavy atom. The number of allylic oxidation sites excluding steroid dienone is 1. The highest BCUT2D eigenvalue weighted by Gasteiger charge is 2.47. The van der Waals surface area contributed by atoms with E-state index in [2.05, 4.69) is 16.5 Å². The first-order chi connectivity index (χ1) is 19.6. The maximum Gasteiger partial charge on any atom is 0.264 e. The molecule has 1 fully saturated rings. The smallest absolute Gasteiger partial charge is 0.264 e. The molecule has 2 bridgehead atoms. The standard InChI is InChI=1S/C32H41ClN2O5S/c1-3-27-9-4-5-10-30(36)32(2)16-15-25(32)20-35-17-7-6-8-22-18-26(33)13-11-24(22)21-40-29-14-12-23(19-28(29)35)31(37)34-41(27,38)39/h5,10-14,18-19,25,27,30,36H,3-4,6-9,15-17,20-21H2,1-2H3,(H,34,37)/b10-5+/t25-,27-,30+,32+/m1/s1. The Morgan fingerprint density at radius 1 is 1.15 bits per heavy atom. The van der Waals surface area contributed by atoms with Gasteiger partial charge >= 0.3 is 0 Å². The fourth-order valence-electron chi connectivity index (χ4n) is 6.42. The van der Waals surface area contributed by atoms with Crippen LogP contribution in [0.3, 0.4) is 0 Å². The number of rotatable bonds is 1. The second kappa shape index (κ2) is 12.4. The van der Waals surface area contributed by atoms with E-state index in [1.54, 1.807) is 18.2 Å². The Bertz CT molecular complexity index is 1410. The van der Waals surface area contributed by atoms with E-state index < -0.39 is 27.3 Å². The lowest BCUT2D eigenvalue weighted by atomic mass is 9.58. The minimum absolute atomic E-state index is 0.255. The average molecular weight is 601 g/mol. The molecule has 3 aliphatic rings. The molecule has 5 rings (SSSR count). The molecular formula is C32H41ClN2O5S. The number of benzene rings is 2. The third-order valence-electron chi connectivity index (χ3n) is 9.42. The second-order valence-electron chi connectivity index (χ2n) is 12.0. The largest absolute Gasteiger partial charge is 0.487 e. The summed E-state index contributed by atoms with van der Waals surface area (Å²) in [7, 11) is -3.88. The third kappa shape index (κ3) is 6.45. The van der Waals surface area contributed by atoms with Crippen molar-refractivity contribution in [2.75, 3.05) is 18.0 Å². The molecule has 1 aliphatic carbocycles. The highest BCUT2D eigenvalue weighted by Crippen LogP contribution is 2.50. The molecule has 2 aliphatic heterocycles. The normalized spacial score (nSPS) is 29.4. The van der Waals surface area contributed by atoms with E-state index in [0.29, 0.717) is 43.2 Å². The molecule has 222 valence electrons. The molecule has 2 aromatic carbocycles. The van der Waals surface area contributed by atoms with Crippen LogP contribution in [0.15, 0.2) is 48.6 Å². The number of aryl methyl sites for hydroxylation is 1. The monoisotopic (exact) mass is 600 g/mol. The summed E-state index contributed by atoms with van der Waals surface area (Å²) < 4.78 is 35.0. The van der Waals surface area contributed by atoms with Crippen molar-refractivity contribution in [1.82, 2.24) is 4.72 Å². The molecule has 9 heteroatoms. The third-order valence-corrected chi connectivity index (χ3v) is 11.6. The van der Waals surface area contributed by atoms with Crippen LogP contribution in [-0.4, -0.2) is 43.9 Å². The summed E-state index contributed by atoms with van der Waals surface area (Å²) >= 11 is 6.31. The van der Waals surface area contributed by atoms with Gasteiger partial charge in [-0.2, -0.15) is 0 Å². The van der Waals surface area contributed by atoms with Crippen LogP contribution in [0, 0.1) is 11.3 Å². The first kappa shape index (κ1) is 29.9. The summed E-state index contributed by atoms with van der Waals surface area (Å²) in [5.41, 5.74) is 3.01. The maximum atomic E-state index is 13.3. The van der Waals surface area contributed by atoms with Crippen LogP contribution in [0.25, 0.3) is 0 Å². The zero-order valence-electron chi connectivity index (χ0n) is 23.9. The van der Waals surface area contributed by atoms with Crippen LogP contribution in [0.4, 0.5) is 5.69 Å². The molecule has 0 unspecified atom stereocenters. The lowest BCUT2D eigenvalue weighted by Gasteiger charge is -2.51. The number of nitrogens with one attached hydrogen (secondary N) is 1. The minimum atomic E-state index is -3.88. The van der Waals surface area contributed by atoms with E-state index in [1.807, 2.05) is 37.3 Å². The number of fused-ring (bicyclic) bond motifs is 3. The lowest BCUT2D eigenvalue weighted by molar-refractivity contribution is -0.0466. The van der Waals surface area contributed by atoms with Crippen molar-refractivity contribution >= 4 is 33.2 Å². The van der Waals surface area contributed by atoms with Crippen LogP contribution in [-0.2, 0) is 23.1 Å². The van der Waals surface area contributed by atoms with Crippen molar-refractivity contribution < 1.29 is 23.1 Å². The summed E-state index contributed by atoms with van der Waals surface area (Å²) in [6, 6.07) is 11.1. The van der Waals surface area contributed by atoms with Gasteiger partial charge in [-0.05, 0) is 98.7 Å². The van der Waals surface area contributed by atoms with E-state index >= 15 is 0 Å². The molecule has 2 aromatic rings. The number of nitrogens with zero attached hydrogens (tertiary/aromatic N) is 1. The molecule has 0 spiro atoms. The van der Waals surface area contributed by atoms with Gasteiger partial charge in [0.1, 0.15) is 12.4 Å². The molecule has 0 saturated heterocycles. The molecule has 41 heavy (non-hydrogen) atoms. The van der Waals surface area contributed by atoms with Gasteiger partial charge in [0, 0.05) is 29.1 Å². The lowest BCUT2D eigenvalue weighted by Crippen LogP contribution is -2.51. The van der Waals surface area contributed by atoms with Gasteiger partial charge in [-0.15, -0.1) is 0 Å². The van der Waals surface area contributed by atoms with E-state index in [9.17, 15) is 18.3 Å². The Kier molecular flexibility index (Phi) is 9.02. The molecule has 1 saturated carbocycles. The topological polar surface area (TPSA) is 95.9 Å². The molecule has 4 atom stereocenters. The van der Waals surface area contributed by atoms with Crippen LogP contribution in [0.2, 0.25) is 5.02 Å². The van der Waals surface area contributed by atoms with E-state index in [4.69, 9.17) is 16.3 Å². The van der Waals surface area contributed by atoms with E-state index in [-0.39, 0.29) is 16.9 Å². The fraction of sp³-hybridized carbons (Fsp3) is 0.531. The summed E-state index contributed by atoms with van der Waals surface area (Å²) in [4.78, 5) is 15.6. The van der Waals surface area contributed by atoms with Crippen LogP contribution in [0.5, 0.6) is 5.75 Å². The van der Waals surface area contributed by atoms with Gasteiger partial charge in [0.2, 0.25) is 10.0 Å². The van der Waals surface area contributed by atoms with Crippen molar-refractivity contribution in [1.29, 1.82) is 0 Å². The number of carbonyl (C=O) groups excluding carboxylic acids is 1. The first-order valence-electron chi connectivity index (χ1n) is 14.8. The SMILES string of the molecule is CC[C@@H]1CC/C=C/[C@H](O)[C@@]2(C)CC[C@@H]2CN2CCCCc3cc(Cl)ccc3COc3ccc(cc32)C(=O)NS1(=O)=O.